The van der Waals surface area contributed by atoms with Crippen LogP contribution in [0.15, 0.2) is 30.5 Å². The third-order valence-electron chi connectivity index (χ3n) is 3.37. The maximum Gasteiger partial charge on any atom is 0.573 e. The van der Waals surface area contributed by atoms with Gasteiger partial charge in [-0.05, 0) is 31.2 Å². The Morgan fingerprint density at radius 1 is 1.29 bits per heavy atom. The highest BCUT2D eigenvalue weighted by Crippen LogP contribution is 2.30. The van der Waals surface area contributed by atoms with Crippen molar-refractivity contribution >= 4 is 17.5 Å². The molecule has 0 atom stereocenters. The zero-order valence-corrected chi connectivity index (χ0v) is 12.6. The number of benzene rings is 1. The molecule has 126 valence electrons. The van der Waals surface area contributed by atoms with Crippen molar-refractivity contribution in [1.82, 2.24) is 9.97 Å². The number of rotatable bonds is 4. The van der Waals surface area contributed by atoms with Crippen LogP contribution in [0.2, 0.25) is 0 Å². The number of anilines is 2. The second-order valence-electron chi connectivity index (χ2n) is 5.02. The van der Waals surface area contributed by atoms with Crippen molar-refractivity contribution in [1.29, 1.82) is 0 Å². The van der Waals surface area contributed by atoms with E-state index in [4.69, 9.17) is 0 Å². The fourth-order valence-electron chi connectivity index (χ4n) is 2.36. The van der Waals surface area contributed by atoms with Crippen LogP contribution in [0, 0.1) is 0 Å². The molecule has 3 rings (SSSR count). The molecule has 0 unspecified atom stereocenters. The Kier molecular flexibility index (Phi) is 4.00. The van der Waals surface area contributed by atoms with Crippen LogP contribution in [0.25, 0.3) is 0 Å². The molecule has 1 aliphatic heterocycles. The first-order valence-electron chi connectivity index (χ1n) is 7.15. The molecule has 0 saturated carbocycles. The van der Waals surface area contributed by atoms with Crippen LogP contribution in [0.5, 0.6) is 5.75 Å². The van der Waals surface area contributed by atoms with Gasteiger partial charge in [0.05, 0.1) is 17.8 Å². The molecule has 2 heterocycles. The third-order valence-corrected chi connectivity index (χ3v) is 3.37. The molecule has 0 saturated heterocycles. The zero-order chi connectivity index (χ0) is 17.3. The summed E-state index contributed by atoms with van der Waals surface area (Å²) in [6.07, 6.45) is -3.30. The first-order valence-corrected chi connectivity index (χ1v) is 7.15. The van der Waals surface area contributed by atoms with Gasteiger partial charge in [-0.3, -0.25) is 4.79 Å². The fourth-order valence-corrected chi connectivity index (χ4v) is 2.36. The predicted molar refractivity (Wildman–Crippen MR) is 79.8 cm³/mol. The number of amides is 1. The fraction of sp³-hybridized carbons (Fsp3) is 0.267. The number of halogens is 3. The average molecular weight is 338 g/mol. The summed E-state index contributed by atoms with van der Waals surface area (Å²) in [5.41, 5.74) is 1.41. The summed E-state index contributed by atoms with van der Waals surface area (Å²) in [6, 6.07) is 5.11. The Balaban J connectivity index is 1.80. The van der Waals surface area contributed by atoms with Crippen LogP contribution in [0.3, 0.4) is 0 Å². The Labute approximate surface area is 135 Å². The second-order valence-corrected chi connectivity index (χ2v) is 5.02. The Hall–Kier alpha value is -2.84. The maximum atomic E-state index is 12.4. The van der Waals surface area contributed by atoms with Crippen LogP contribution >= 0.6 is 0 Å². The summed E-state index contributed by atoms with van der Waals surface area (Å²) in [6.45, 7) is 2.78. The minimum absolute atomic E-state index is 0.231. The van der Waals surface area contributed by atoms with Crippen molar-refractivity contribution in [2.75, 3.05) is 16.8 Å². The van der Waals surface area contributed by atoms with Gasteiger partial charge in [0.1, 0.15) is 5.75 Å². The molecule has 24 heavy (non-hydrogen) atoms. The van der Waals surface area contributed by atoms with Crippen LogP contribution in [-0.2, 0) is 6.54 Å². The van der Waals surface area contributed by atoms with Crippen LogP contribution in [-0.4, -0.2) is 28.8 Å². The quantitative estimate of drug-likeness (QED) is 0.928. The predicted octanol–water partition coefficient (Wildman–Crippen LogP) is 2.97. The standard InChI is InChI=1S/C15H13F3N4O2/c1-2-19-14-20-7-11-12(21-14)8-22(13(11)23)9-3-5-10(6-4-9)24-15(16,17)18/h3-7H,2,8H2,1H3,(H,19,20,21). The number of hydrogen-bond donors (Lipinski definition) is 1. The van der Waals surface area contributed by atoms with Gasteiger partial charge < -0.3 is 15.0 Å². The third kappa shape index (κ3) is 3.24. The Morgan fingerprint density at radius 2 is 2.00 bits per heavy atom. The minimum atomic E-state index is -4.75. The molecule has 1 N–H and O–H groups in total. The SMILES string of the molecule is CCNc1ncc2c(n1)CN(c1ccc(OC(F)(F)F)cc1)C2=O. The van der Waals surface area contributed by atoms with Crippen molar-refractivity contribution in [2.45, 2.75) is 19.8 Å². The second kappa shape index (κ2) is 5.99. The summed E-state index contributed by atoms with van der Waals surface area (Å²) < 4.78 is 40.3. The van der Waals surface area contributed by atoms with E-state index in [1.165, 1.54) is 23.2 Å². The largest absolute Gasteiger partial charge is 0.573 e. The summed E-state index contributed by atoms with van der Waals surface area (Å²) in [4.78, 5) is 22.2. The van der Waals surface area contributed by atoms with Crippen molar-refractivity contribution in [3.05, 3.63) is 41.7 Å². The van der Waals surface area contributed by atoms with E-state index in [1.807, 2.05) is 6.92 Å². The van der Waals surface area contributed by atoms with Gasteiger partial charge in [0.2, 0.25) is 5.95 Å². The van der Waals surface area contributed by atoms with Gasteiger partial charge in [0.25, 0.3) is 5.91 Å². The van der Waals surface area contributed by atoms with Gasteiger partial charge in [0, 0.05) is 18.4 Å². The number of fused-ring (bicyclic) bond motifs is 1. The summed E-state index contributed by atoms with van der Waals surface area (Å²) in [7, 11) is 0. The summed E-state index contributed by atoms with van der Waals surface area (Å²) in [5, 5.41) is 2.96. The molecule has 0 spiro atoms. The highest BCUT2D eigenvalue weighted by atomic mass is 19.4. The Bertz CT molecular complexity index is 762. The lowest BCUT2D eigenvalue weighted by atomic mass is 10.2. The molecular formula is C15H13F3N4O2. The smallest absolute Gasteiger partial charge is 0.406 e. The van der Waals surface area contributed by atoms with Gasteiger partial charge in [-0.15, -0.1) is 13.2 Å². The molecule has 1 aliphatic rings. The van der Waals surface area contributed by atoms with Crippen molar-refractivity contribution in [2.24, 2.45) is 0 Å². The number of alkyl halides is 3. The number of hydrogen-bond acceptors (Lipinski definition) is 5. The van der Waals surface area contributed by atoms with Crippen LogP contribution in [0.1, 0.15) is 23.0 Å². The number of carbonyl (C=O) groups is 1. The molecule has 1 aromatic carbocycles. The number of ether oxygens (including phenoxy) is 1. The molecule has 0 fully saturated rings. The number of aromatic nitrogens is 2. The van der Waals surface area contributed by atoms with Crippen molar-refractivity contribution < 1.29 is 22.7 Å². The molecule has 1 aromatic heterocycles. The van der Waals surface area contributed by atoms with Gasteiger partial charge in [-0.1, -0.05) is 0 Å². The van der Waals surface area contributed by atoms with Crippen molar-refractivity contribution in [3.63, 3.8) is 0 Å². The minimum Gasteiger partial charge on any atom is -0.406 e. The molecule has 6 nitrogen and oxygen atoms in total. The zero-order valence-electron chi connectivity index (χ0n) is 12.6. The maximum absolute atomic E-state index is 12.4. The van der Waals surface area contributed by atoms with E-state index in [9.17, 15) is 18.0 Å². The first kappa shape index (κ1) is 16.0. The van der Waals surface area contributed by atoms with Crippen LogP contribution < -0.4 is 15.0 Å². The topological polar surface area (TPSA) is 67.3 Å². The van der Waals surface area contributed by atoms with Gasteiger partial charge in [0.15, 0.2) is 0 Å². The van der Waals surface area contributed by atoms with E-state index in [0.29, 0.717) is 29.4 Å². The number of nitrogens with one attached hydrogen (secondary N) is 1. The van der Waals surface area contributed by atoms with Gasteiger partial charge >= 0.3 is 6.36 Å². The van der Waals surface area contributed by atoms with E-state index in [1.54, 1.807) is 0 Å². The van der Waals surface area contributed by atoms with E-state index >= 15 is 0 Å². The van der Waals surface area contributed by atoms with Gasteiger partial charge in [-0.2, -0.15) is 0 Å². The number of nitrogens with zero attached hydrogens (tertiary/aromatic N) is 3. The van der Waals surface area contributed by atoms with E-state index in [2.05, 4.69) is 20.0 Å². The number of carbonyl (C=O) groups excluding carboxylic acids is 1. The normalized spacial score (nSPS) is 13.8. The van der Waals surface area contributed by atoms with E-state index in [-0.39, 0.29) is 18.2 Å². The average Bonchev–Trinajstić information content (AvgIpc) is 2.83. The lowest BCUT2D eigenvalue weighted by Gasteiger charge is -2.16. The van der Waals surface area contributed by atoms with Crippen molar-refractivity contribution in [3.8, 4) is 5.75 Å². The molecule has 9 heteroatoms. The molecule has 2 aromatic rings. The Morgan fingerprint density at radius 3 is 2.62 bits per heavy atom. The molecule has 0 radical (unpaired) electrons. The van der Waals surface area contributed by atoms with E-state index < -0.39 is 6.36 Å². The molecule has 0 aliphatic carbocycles. The molecule has 1 amide bonds. The lowest BCUT2D eigenvalue weighted by Crippen LogP contribution is -2.23. The van der Waals surface area contributed by atoms with E-state index in [0.717, 1.165) is 12.1 Å². The lowest BCUT2D eigenvalue weighted by molar-refractivity contribution is -0.274. The highest BCUT2D eigenvalue weighted by molar-refractivity contribution is 6.09. The monoisotopic (exact) mass is 338 g/mol. The molecular weight excluding hydrogens is 325 g/mol. The van der Waals surface area contributed by atoms with Gasteiger partial charge in [-0.25, -0.2) is 9.97 Å². The highest BCUT2D eigenvalue weighted by Gasteiger charge is 2.32. The summed E-state index contributed by atoms with van der Waals surface area (Å²) >= 11 is 0. The molecule has 0 bridgehead atoms. The first-order chi connectivity index (χ1) is 11.4. The van der Waals surface area contributed by atoms with Crippen LogP contribution in [0.4, 0.5) is 24.8 Å². The summed E-state index contributed by atoms with van der Waals surface area (Å²) in [5.74, 6) is -0.206.